The van der Waals surface area contributed by atoms with Gasteiger partial charge in [-0.05, 0) is 25.0 Å². The lowest BCUT2D eigenvalue weighted by molar-refractivity contribution is 0.110. The van der Waals surface area contributed by atoms with E-state index < -0.39 is 0 Å². The van der Waals surface area contributed by atoms with Crippen molar-refractivity contribution in [3.05, 3.63) is 34.0 Å². The Hall–Kier alpha value is -1.28. The van der Waals surface area contributed by atoms with Gasteiger partial charge in [-0.15, -0.1) is 0 Å². The molecule has 1 aromatic heterocycles. The van der Waals surface area contributed by atoms with Crippen LogP contribution in [0.15, 0.2) is 16.5 Å². The number of carbonyl (C=O) groups excluding carboxylic acids is 1. The van der Waals surface area contributed by atoms with Crippen LogP contribution in [0.25, 0.3) is 11.0 Å². The highest BCUT2D eigenvalue weighted by atomic mass is 35.5. The van der Waals surface area contributed by atoms with Crippen molar-refractivity contribution in [3.8, 4) is 0 Å². The number of hydrogen-bond donors (Lipinski definition) is 0. The molecule has 0 N–H and O–H groups in total. The van der Waals surface area contributed by atoms with Gasteiger partial charge in [-0.2, -0.15) is 0 Å². The summed E-state index contributed by atoms with van der Waals surface area (Å²) in [6.45, 7) is 3.87. The Morgan fingerprint density at radius 3 is 2.50 bits per heavy atom. The zero-order chi connectivity index (χ0) is 10.3. The van der Waals surface area contributed by atoms with Crippen LogP contribution in [0.4, 0.5) is 0 Å². The minimum absolute atomic E-state index is 0.207. The minimum Gasteiger partial charge on any atom is -0.451 e. The van der Waals surface area contributed by atoms with Crippen LogP contribution in [0, 0.1) is 13.8 Å². The largest absolute Gasteiger partial charge is 0.451 e. The molecule has 72 valence electrons. The van der Waals surface area contributed by atoms with Gasteiger partial charge in [0, 0.05) is 5.39 Å². The molecule has 0 unspecified atom stereocenters. The molecular weight excluding hydrogens is 200 g/mol. The van der Waals surface area contributed by atoms with Gasteiger partial charge in [-0.25, -0.2) is 0 Å². The Balaban J connectivity index is 2.97. The number of rotatable bonds is 1. The summed E-state index contributed by atoms with van der Waals surface area (Å²) < 4.78 is 5.36. The second-order valence-corrected chi connectivity index (χ2v) is 3.68. The predicted molar refractivity (Wildman–Crippen MR) is 56.1 cm³/mol. The summed E-state index contributed by atoms with van der Waals surface area (Å²) >= 11 is 6.01. The molecule has 3 heteroatoms. The average Bonchev–Trinajstić information content (AvgIpc) is 2.51. The van der Waals surface area contributed by atoms with Crippen molar-refractivity contribution in [3.63, 3.8) is 0 Å². The lowest BCUT2D eigenvalue weighted by Crippen LogP contribution is -1.77. The van der Waals surface area contributed by atoms with Crippen LogP contribution in [0.1, 0.15) is 21.7 Å². The molecule has 1 heterocycles. The fourth-order valence-electron chi connectivity index (χ4n) is 1.54. The molecule has 2 rings (SSSR count). The molecule has 1 aromatic carbocycles. The maximum atomic E-state index is 10.6. The molecule has 2 aromatic rings. The zero-order valence-electron chi connectivity index (χ0n) is 7.93. The van der Waals surface area contributed by atoms with Crippen molar-refractivity contribution in [1.29, 1.82) is 0 Å². The summed E-state index contributed by atoms with van der Waals surface area (Å²) in [5.41, 5.74) is 2.71. The third kappa shape index (κ3) is 1.15. The van der Waals surface area contributed by atoms with Crippen LogP contribution in [-0.4, -0.2) is 6.29 Å². The van der Waals surface area contributed by atoms with Crippen LogP contribution in [0.5, 0.6) is 0 Å². The van der Waals surface area contributed by atoms with Gasteiger partial charge >= 0.3 is 0 Å². The first-order valence-corrected chi connectivity index (χ1v) is 4.66. The standard InChI is InChI=1S/C11H9ClO2/c1-6-3-4-7(2)11-9(6)10(12)8(5-13)14-11/h3-5H,1-2H3. The van der Waals surface area contributed by atoms with E-state index in [-0.39, 0.29) is 5.76 Å². The number of aldehydes is 1. The molecular formula is C11H9ClO2. The second-order valence-electron chi connectivity index (χ2n) is 3.30. The summed E-state index contributed by atoms with van der Waals surface area (Å²) in [6, 6.07) is 3.92. The normalized spacial score (nSPS) is 10.8. The lowest BCUT2D eigenvalue weighted by atomic mass is 10.1. The molecule has 0 radical (unpaired) electrons. The Kier molecular flexibility index (Phi) is 2.08. The van der Waals surface area contributed by atoms with E-state index in [1.807, 2.05) is 26.0 Å². The van der Waals surface area contributed by atoms with Gasteiger partial charge in [0.05, 0.1) is 5.02 Å². The highest BCUT2D eigenvalue weighted by molar-refractivity contribution is 6.37. The van der Waals surface area contributed by atoms with Gasteiger partial charge in [0.2, 0.25) is 0 Å². The molecule has 0 aliphatic rings. The van der Waals surface area contributed by atoms with Crippen LogP contribution in [0.2, 0.25) is 5.02 Å². The van der Waals surface area contributed by atoms with Crippen LogP contribution in [0.3, 0.4) is 0 Å². The number of fused-ring (bicyclic) bond motifs is 1. The number of hydrogen-bond acceptors (Lipinski definition) is 2. The topological polar surface area (TPSA) is 30.2 Å². The molecule has 0 atom stereocenters. The van der Waals surface area contributed by atoms with E-state index in [0.717, 1.165) is 16.5 Å². The summed E-state index contributed by atoms with van der Waals surface area (Å²) in [5, 5.41) is 1.25. The smallest absolute Gasteiger partial charge is 0.186 e. The van der Waals surface area contributed by atoms with Crippen LogP contribution < -0.4 is 0 Å². The quantitative estimate of drug-likeness (QED) is 0.672. The summed E-state index contributed by atoms with van der Waals surface area (Å²) in [6.07, 6.45) is 0.640. The van der Waals surface area contributed by atoms with Crippen LogP contribution >= 0.6 is 11.6 Å². The molecule has 0 aliphatic heterocycles. The van der Waals surface area contributed by atoms with Crippen LogP contribution in [-0.2, 0) is 0 Å². The number of benzene rings is 1. The first kappa shape index (κ1) is 9.28. The number of furan rings is 1. The van der Waals surface area contributed by atoms with Crippen molar-refractivity contribution in [2.24, 2.45) is 0 Å². The molecule has 0 fully saturated rings. The van der Waals surface area contributed by atoms with E-state index in [9.17, 15) is 4.79 Å². The Bertz CT molecular complexity index is 511. The fraction of sp³-hybridized carbons (Fsp3) is 0.182. The predicted octanol–water partition coefficient (Wildman–Crippen LogP) is 3.52. The highest BCUT2D eigenvalue weighted by Crippen LogP contribution is 2.33. The van der Waals surface area contributed by atoms with Gasteiger partial charge in [-0.3, -0.25) is 4.79 Å². The van der Waals surface area contributed by atoms with E-state index in [0.29, 0.717) is 16.9 Å². The van der Waals surface area contributed by atoms with E-state index in [2.05, 4.69) is 0 Å². The number of halogens is 1. The van der Waals surface area contributed by atoms with E-state index in [1.54, 1.807) is 0 Å². The SMILES string of the molecule is Cc1ccc(C)c2c(Cl)c(C=O)oc12. The molecule has 14 heavy (non-hydrogen) atoms. The van der Waals surface area contributed by atoms with Crippen molar-refractivity contribution in [1.82, 2.24) is 0 Å². The molecule has 0 aliphatic carbocycles. The molecule has 0 spiro atoms. The summed E-state index contributed by atoms with van der Waals surface area (Å²) in [5.74, 6) is 0.207. The average molecular weight is 209 g/mol. The van der Waals surface area contributed by atoms with E-state index >= 15 is 0 Å². The van der Waals surface area contributed by atoms with Gasteiger partial charge in [0.15, 0.2) is 12.0 Å². The third-order valence-electron chi connectivity index (χ3n) is 2.32. The van der Waals surface area contributed by atoms with Gasteiger partial charge in [0.1, 0.15) is 5.58 Å². The van der Waals surface area contributed by atoms with Gasteiger partial charge < -0.3 is 4.42 Å². The van der Waals surface area contributed by atoms with E-state index in [4.69, 9.17) is 16.0 Å². The molecule has 0 amide bonds. The van der Waals surface area contributed by atoms with Crippen molar-refractivity contribution in [2.75, 3.05) is 0 Å². The maximum absolute atomic E-state index is 10.6. The van der Waals surface area contributed by atoms with Gasteiger partial charge in [-0.1, -0.05) is 23.7 Å². The summed E-state index contributed by atoms with van der Waals surface area (Å²) in [7, 11) is 0. The Morgan fingerprint density at radius 2 is 1.93 bits per heavy atom. The monoisotopic (exact) mass is 208 g/mol. The van der Waals surface area contributed by atoms with E-state index in [1.165, 1.54) is 0 Å². The highest BCUT2D eigenvalue weighted by Gasteiger charge is 2.14. The molecule has 2 nitrogen and oxygen atoms in total. The third-order valence-corrected chi connectivity index (χ3v) is 2.69. The Labute approximate surface area is 86.5 Å². The van der Waals surface area contributed by atoms with Gasteiger partial charge in [0.25, 0.3) is 0 Å². The van der Waals surface area contributed by atoms with Crippen molar-refractivity contribution < 1.29 is 9.21 Å². The second kappa shape index (κ2) is 3.14. The lowest BCUT2D eigenvalue weighted by Gasteiger charge is -1.97. The molecule has 0 saturated heterocycles. The zero-order valence-corrected chi connectivity index (χ0v) is 8.68. The van der Waals surface area contributed by atoms with Crippen molar-refractivity contribution >= 4 is 28.9 Å². The number of aryl methyl sites for hydroxylation is 2. The number of carbonyl (C=O) groups is 1. The fourth-order valence-corrected chi connectivity index (χ4v) is 1.86. The first-order chi connectivity index (χ1) is 6.65. The molecule has 0 saturated carbocycles. The maximum Gasteiger partial charge on any atom is 0.186 e. The molecule has 0 bridgehead atoms. The Morgan fingerprint density at radius 1 is 1.29 bits per heavy atom. The minimum atomic E-state index is 0.207. The first-order valence-electron chi connectivity index (χ1n) is 4.28. The summed E-state index contributed by atoms with van der Waals surface area (Å²) in [4.78, 5) is 10.6. The van der Waals surface area contributed by atoms with Crippen molar-refractivity contribution in [2.45, 2.75) is 13.8 Å².